The Kier molecular flexibility index (Phi) is 3.43. The molecule has 1 N–H and O–H groups in total. The molecule has 0 saturated heterocycles. The summed E-state index contributed by atoms with van der Waals surface area (Å²) in [7, 11) is 0. The Hall–Kier alpha value is -0.890. The number of hydrogen-bond acceptors (Lipinski definition) is 1. The standard InChI is InChI=1S/C11H15FO/c1-3-4-11(13)9-6-5-8(2)10(12)7-9/h5-7,11,13H,3-4H2,1-2H3. The van der Waals surface area contributed by atoms with Gasteiger partial charge in [0.2, 0.25) is 0 Å². The Balaban J connectivity index is 2.84. The predicted molar refractivity (Wildman–Crippen MR) is 51.0 cm³/mol. The Bertz CT molecular complexity index is 283. The van der Waals surface area contributed by atoms with Crippen molar-refractivity contribution < 1.29 is 9.50 Å². The highest BCUT2D eigenvalue weighted by atomic mass is 19.1. The number of hydrogen-bond donors (Lipinski definition) is 1. The van der Waals surface area contributed by atoms with Gasteiger partial charge in [0.15, 0.2) is 0 Å². The molecule has 0 aliphatic heterocycles. The van der Waals surface area contributed by atoms with Crippen LogP contribution in [0, 0.1) is 12.7 Å². The van der Waals surface area contributed by atoms with E-state index in [1.165, 1.54) is 6.07 Å². The molecule has 1 aromatic carbocycles. The van der Waals surface area contributed by atoms with Gasteiger partial charge in [-0.1, -0.05) is 25.5 Å². The summed E-state index contributed by atoms with van der Waals surface area (Å²) in [6, 6.07) is 4.89. The van der Waals surface area contributed by atoms with Crippen molar-refractivity contribution in [3.05, 3.63) is 35.1 Å². The van der Waals surface area contributed by atoms with Gasteiger partial charge in [-0.05, 0) is 30.5 Å². The van der Waals surface area contributed by atoms with Crippen LogP contribution in [0.25, 0.3) is 0 Å². The third kappa shape index (κ3) is 2.52. The molecule has 0 amide bonds. The van der Waals surface area contributed by atoms with Gasteiger partial charge in [0, 0.05) is 0 Å². The average Bonchev–Trinajstić information content (AvgIpc) is 2.10. The lowest BCUT2D eigenvalue weighted by Gasteiger charge is -2.09. The topological polar surface area (TPSA) is 20.2 Å². The Morgan fingerprint density at radius 2 is 2.15 bits per heavy atom. The molecule has 0 spiro atoms. The highest BCUT2D eigenvalue weighted by Gasteiger charge is 2.07. The fourth-order valence-electron chi connectivity index (χ4n) is 1.26. The van der Waals surface area contributed by atoms with E-state index in [0.29, 0.717) is 17.5 Å². The first kappa shape index (κ1) is 10.2. The lowest BCUT2D eigenvalue weighted by Crippen LogP contribution is -1.97. The maximum Gasteiger partial charge on any atom is 0.126 e. The van der Waals surface area contributed by atoms with Crippen molar-refractivity contribution in [3.8, 4) is 0 Å². The summed E-state index contributed by atoms with van der Waals surface area (Å²) in [6.07, 6.45) is 1.05. The van der Waals surface area contributed by atoms with Gasteiger partial charge >= 0.3 is 0 Å². The Morgan fingerprint density at radius 3 is 2.69 bits per heavy atom. The summed E-state index contributed by atoms with van der Waals surface area (Å²) < 4.78 is 13.1. The third-order valence-corrected chi connectivity index (χ3v) is 2.14. The molecule has 13 heavy (non-hydrogen) atoms. The summed E-state index contributed by atoms with van der Waals surface area (Å²) in [6.45, 7) is 3.71. The number of aliphatic hydroxyl groups excluding tert-OH is 1. The average molecular weight is 182 g/mol. The number of halogens is 1. The van der Waals surface area contributed by atoms with Crippen LogP contribution in [0.2, 0.25) is 0 Å². The van der Waals surface area contributed by atoms with Gasteiger partial charge in [-0.2, -0.15) is 0 Å². The zero-order valence-electron chi connectivity index (χ0n) is 8.05. The third-order valence-electron chi connectivity index (χ3n) is 2.14. The molecule has 0 bridgehead atoms. The van der Waals surface area contributed by atoms with Crippen molar-refractivity contribution in [2.24, 2.45) is 0 Å². The fourth-order valence-corrected chi connectivity index (χ4v) is 1.26. The molecule has 1 atom stereocenters. The largest absolute Gasteiger partial charge is 0.388 e. The molecular weight excluding hydrogens is 167 g/mol. The zero-order valence-corrected chi connectivity index (χ0v) is 8.05. The van der Waals surface area contributed by atoms with Gasteiger partial charge in [-0.25, -0.2) is 4.39 Å². The second-order valence-corrected chi connectivity index (χ2v) is 3.31. The van der Waals surface area contributed by atoms with Crippen LogP contribution in [0.3, 0.4) is 0 Å². The molecule has 2 heteroatoms. The van der Waals surface area contributed by atoms with Crippen LogP contribution in [0.1, 0.15) is 37.0 Å². The van der Waals surface area contributed by atoms with Gasteiger partial charge in [0.05, 0.1) is 6.10 Å². The first-order chi connectivity index (χ1) is 6.15. The van der Waals surface area contributed by atoms with Crippen LogP contribution < -0.4 is 0 Å². The van der Waals surface area contributed by atoms with E-state index in [1.54, 1.807) is 19.1 Å². The SMILES string of the molecule is CCCC(O)c1ccc(C)c(F)c1. The van der Waals surface area contributed by atoms with E-state index in [-0.39, 0.29) is 5.82 Å². The first-order valence-corrected chi connectivity index (χ1v) is 4.59. The summed E-state index contributed by atoms with van der Waals surface area (Å²) >= 11 is 0. The minimum Gasteiger partial charge on any atom is -0.388 e. The number of rotatable bonds is 3. The van der Waals surface area contributed by atoms with Gasteiger partial charge in [-0.15, -0.1) is 0 Å². The van der Waals surface area contributed by atoms with E-state index in [2.05, 4.69) is 0 Å². The second kappa shape index (κ2) is 4.38. The lowest BCUT2D eigenvalue weighted by molar-refractivity contribution is 0.166. The highest BCUT2D eigenvalue weighted by molar-refractivity contribution is 5.24. The number of benzene rings is 1. The summed E-state index contributed by atoms with van der Waals surface area (Å²) in [5.74, 6) is -0.243. The molecule has 0 heterocycles. The van der Waals surface area contributed by atoms with E-state index in [0.717, 1.165) is 6.42 Å². The van der Waals surface area contributed by atoms with E-state index in [9.17, 15) is 9.50 Å². The van der Waals surface area contributed by atoms with Gasteiger partial charge < -0.3 is 5.11 Å². The second-order valence-electron chi connectivity index (χ2n) is 3.31. The molecule has 0 fully saturated rings. The molecule has 1 aromatic rings. The van der Waals surface area contributed by atoms with Gasteiger partial charge in [0.25, 0.3) is 0 Å². The molecule has 0 aromatic heterocycles. The molecule has 0 aliphatic rings. The number of aliphatic hydroxyl groups is 1. The minimum atomic E-state index is -0.528. The summed E-state index contributed by atoms with van der Waals surface area (Å²) in [5, 5.41) is 9.57. The van der Waals surface area contributed by atoms with E-state index in [4.69, 9.17) is 0 Å². The van der Waals surface area contributed by atoms with E-state index < -0.39 is 6.10 Å². The van der Waals surface area contributed by atoms with Crippen molar-refractivity contribution in [1.29, 1.82) is 0 Å². The van der Waals surface area contributed by atoms with Gasteiger partial charge in [-0.3, -0.25) is 0 Å². The van der Waals surface area contributed by atoms with Crippen LogP contribution in [0.15, 0.2) is 18.2 Å². The molecule has 0 radical (unpaired) electrons. The van der Waals surface area contributed by atoms with Crippen LogP contribution in [0.5, 0.6) is 0 Å². The highest BCUT2D eigenvalue weighted by Crippen LogP contribution is 2.20. The molecule has 1 unspecified atom stereocenters. The lowest BCUT2D eigenvalue weighted by atomic mass is 10.0. The molecular formula is C11H15FO. The van der Waals surface area contributed by atoms with Crippen molar-refractivity contribution >= 4 is 0 Å². The van der Waals surface area contributed by atoms with Crippen LogP contribution >= 0.6 is 0 Å². The van der Waals surface area contributed by atoms with Crippen molar-refractivity contribution in [1.82, 2.24) is 0 Å². The monoisotopic (exact) mass is 182 g/mol. The smallest absolute Gasteiger partial charge is 0.126 e. The minimum absolute atomic E-state index is 0.243. The molecule has 1 nitrogen and oxygen atoms in total. The maximum atomic E-state index is 13.1. The number of aryl methyl sites for hydroxylation is 1. The van der Waals surface area contributed by atoms with E-state index >= 15 is 0 Å². The quantitative estimate of drug-likeness (QED) is 0.762. The van der Waals surface area contributed by atoms with Gasteiger partial charge in [0.1, 0.15) is 5.82 Å². The normalized spacial score (nSPS) is 12.9. The van der Waals surface area contributed by atoms with Crippen LogP contribution in [-0.2, 0) is 0 Å². The van der Waals surface area contributed by atoms with Crippen LogP contribution in [-0.4, -0.2) is 5.11 Å². The van der Waals surface area contributed by atoms with E-state index in [1.807, 2.05) is 6.92 Å². The Morgan fingerprint density at radius 1 is 1.46 bits per heavy atom. The summed E-state index contributed by atoms with van der Waals surface area (Å²) in [5.41, 5.74) is 1.29. The first-order valence-electron chi connectivity index (χ1n) is 4.59. The zero-order chi connectivity index (χ0) is 9.84. The maximum absolute atomic E-state index is 13.1. The molecule has 0 aliphatic carbocycles. The van der Waals surface area contributed by atoms with Crippen LogP contribution in [0.4, 0.5) is 4.39 Å². The van der Waals surface area contributed by atoms with Crippen molar-refractivity contribution in [2.75, 3.05) is 0 Å². The summed E-state index contributed by atoms with van der Waals surface area (Å²) in [4.78, 5) is 0. The van der Waals surface area contributed by atoms with Crippen molar-refractivity contribution in [3.63, 3.8) is 0 Å². The Labute approximate surface area is 78.2 Å². The van der Waals surface area contributed by atoms with Crippen molar-refractivity contribution in [2.45, 2.75) is 32.8 Å². The fraction of sp³-hybridized carbons (Fsp3) is 0.455. The molecule has 72 valence electrons. The predicted octanol–water partition coefficient (Wildman–Crippen LogP) is 2.97. The molecule has 1 rings (SSSR count). The molecule has 0 saturated carbocycles.